The van der Waals surface area contributed by atoms with Gasteiger partial charge in [0.05, 0.1) is 0 Å². The predicted molar refractivity (Wildman–Crippen MR) is 77.4 cm³/mol. The Bertz CT molecular complexity index is 613. The fourth-order valence-electron chi connectivity index (χ4n) is 1.87. The number of hydrogen-bond acceptors (Lipinski definition) is 2. The summed E-state index contributed by atoms with van der Waals surface area (Å²) in [6.45, 7) is 0. The van der Waals surface area contributed by atoms with Crippen molar-refractivity contribution in [1.82, 2.24) is 0 Å². The zero-order valence-corrected chi connectivity index (χ0v) is 11.8. The minimum Gasteiger partial charge on any atom is -0.399 e. The molecule has 0 aromatic heterocycles. The van der Waals surface area contributed by atoms with Crippen LogP contribution in [0.1, 0.15) is 11.1 Å². The Kier molecular flexibility index (Phi) is 4.32. The van der Waals surface area contributed by atoms with E-state index in [2.05, 4.69) is 15.9 Å². The van der Waals surface area contributed by atoms with Crippen LogP contribution in [0.4, 0.5) is 10.1 Å². The van der Waals surface area contributed by atoms with Crippen LogP contribution in [-0.4, -0.2) is 5.78 Å². The third kappa shape index (κ3) is 3.89. The maximum atomic E-state index is 12.9. The first-order chi connectivity index (χ1) is 9.04. The van der Waals surface area contributed by atoms with E-state index in [4.69, 9.17) is 5.73 Å². The number of nitrogen functional groups attached to an aromatic ring is 1. The first kappa shape index (κ1) is 13.7. The van der Waals surface area contributed by atoms with Gasteiger partial charge in [-0.2, -0.15) is 0 Å². The van der Waals surface area contributed by atoms with Crippen LogP contribution in [0.15, 0.2) is 46.9 Å². The average molecular weight is 322 g/mol. The number of halogens is 2. The smallest absolute Gasteiger partial charge is 0.141 e. The minimum atomic E-state index is -0.320. The summed E-state index contributed by atoms with van der Waals surface area (Å²) in [4.78, 5) is 12.0. The van der Waals surface area contributed by atoms with Crippen molar-refractivity contribution in [1.29, 1.82) is 0 Å². The van der Waals surface area contributed by atoms with E-state index in [1.807, 2.05) is 12.1 Å². The molecule has 2 rings (SSSR count). The second-order valence-corrected chi connectivity index (χ2v) is 5.23. The molecule has 98 valence electrons. The molecule has 0 atom stereocenters. The van der Waals surface area contributed by atoms with E-state index >= 15 is 0 Å². The van der Waals surface area contributed by atoms with Gasteiger partial charge in [-0.25, -0.2) is 4.39 Å². The highest BCUT2D eigenvalue weighted by molar-refractivity contribution is 9.10. The summed E-state index contributed by atoms with van der Waals surface area (Å²) in [5.74, 6) is -0.253. The fraction of sp³-hybridized carbons (Fsp3) is 0.133. The molecule has 0 aliphatic heterocycles. The zero-order chi connectivity index (χ0) is 13.8. The van der Waals surface area contributed by atoms with Crippen molar-refractivity contribution in [2.45, 2.75) is 12.8 Å². The number of anilines is 1. The largest absolute Gasteiger partial charge is 0.399 e. The molecule has 0 bridgehead atoms. The lowest BCUT2D eigenvalue weighted by Gasteiger charge is -2.05. The highest BCUT2D eigenvalue weighted by Crippen LogP contribution is 2.19. The van der Waals surface area contributed by atoms with Crippen molar-refractivity contribution in [2.75, 3.05) is 5.73 Å². The molecule has 0 heterocycles. The van der Waals surface area contributed by atoms with Crippen LogP contribution in [0.5, 0.6) is 0 Å². The molecule has 2 N–H and O–H groups in total. The van der Waals surface area contributed by atoms with Gasteiger partial charge in [0.15, 0.2) is 0 Å². The number of nitrogens with two attached hydrogens (primary N) is 1. The van der Waals surface area contributed by atoms with E-state index in [0.717, 1.165) is 11.1 Å². The van der Waals surface area contributed by atoms with Gasteiger partial charge in [-0.1, -0.05) is 34.1 Å². The number of ketones is 1. The Morgan fingerprint density at radius 3 is 2.63 bits per heavy atom. The normalized spacial score (nSPS) is 10.4. The van der Waals surface area contributed by atoms with Gasteiger partial charge in [0, 0.05) is 23.0 Å². The number of rotatable bonds is 4. The molecule has 2 aromatic rings. The molecule has 2 nitrogen and oxygen atoms in total. The summed E-state index contributed by atoms with van der Waals surface area (Å²) >= 11 is 3.26. The first-order valence-corrected chi connectivity index (χ1v) is 6.64. The van der Waals surface area contributed by atoms with Gasteiger partial charge >= 0.3 is 0 Å². The third-order valence-electron chi connectivity index (χ3n) is 2.76. The van der Waals surface area contributed by atoms with Crippen LogP contribution in [0, 0.1) is 5.82 Å². The van der Waals surface area contributed by atoms with Gasteiger partial charge in [-0.15, -0.1) is 0 Å². The third-order valence-corrected chi connectivity index (χ3v) is 3.49. The van der Waals surface area contributed by atoms with E-state index in [9.17, 15) is 9.18 Å². The first-order valence-electron chi connectivity index (χ1n) is 5.84. The van der Waals surface area contributed by atoms with E-state index in [0.29, 0.717) is 16.6 Å². The second kappa shape index (κ2) is 5.97. The molecule has 0 saturated heterocycles. The number of carbonyl (C=O) groups excluding carboxylic acids is 1. The average Bonchev–Trinajstić information content (AvgIpc) is 2.33. The summed E-state index contributed by atoms with van der Waals surface area (Å²) in [5, 5.41) is 0. The molecule has 0 aliphatic carbocycles. The molecule has 0 amide bonds. The molecule has 19 heavy (non-hydrogen) atoms. The van der Waals surface area contributed by atoms with E-state index in [1.165, 1.54) is 12.1 Å². The Labute approximate surface area is 119 Å². The molecule has 0 saturated carbocycles. The Morgan fingerprint density at radius 2 is 1.95 bits per heavy atom. The topological polar surface area (TPSA) is 43.1 Å². The van der Waals surface area contributed by atoms with Gasteiger partial charge in [0.2, 0.25) is 0 Å². The molecule has 0 fully saturated rings. The molecule has 0 aliphatic rings. The highest BCUT2D eigenvalue weighted by atomic mass is 79.9. The van der Waals surface area contributed by atoms with E-state index in [1.54, 1.807) is 18.2 Å². The highest BCUT2D eigenvalue weighted by Gasteiger charge is 2.09. The molecule has 4 heteroatoms. The molecule has 0 radical (unpaired) electrons. The molecule has 0 spiro atoms. The molecular weight excluding hydrogens is 309 g/mol. The van der Waals surface area contributed by atoms with Gasteiger partial charge < -0.3 is 5.73 Å². The summed E-state index contributed by atoms with van der Waals surface area (Å²) in [6.07, 6.45) is 0.602. The van der Waals surface area contributed by atoms with Crippen molar-refractivity contribution < 1.29 is 9.18 Å². The molecule has 2 aromatic carbocycles. The molecular formula is C15H13BrFNO. The standard InChI is InChI=1S/C15H13BrFNO/c16-15-9-12(17)5-4-11(15)8-14(19)7-10-2-1-3-13(18)6-10/h1-6,9H,7-8,18H2. The lowest BCUT2D eigenvalue weighted by molar-refractivity contribution is -0.117. The van der Waals surface area contributed by atoms with Crippen LogP contribution in [-0.2, 0) is 17.6 Å². The van der Waals surface area contributed by atoms with Crippen molar-refractivity contribution in [3.8, 4) is 0 Å². The monoisotopic (exact) mass is 321 g/mol. The van der Waals surface area contributed by atoms with Gasteiger partial charge in [0.1, 0.15) is 11.6 Å². The lowest BCUT2D eigenvalue weighted by atomic mass is 10.0. The van der Waals surface area contributed by atoms with E-state index < -0.39 is 0 Å². The van der Waals surface area contributed by atoms with Crippen LogP contribution in [0.2, 0.25) is 0 Å². The van der Waals surface area contributed by atoms with Crippen molar-refractivity contribution in [3.63, 3.8) is 0 Å². The summed E-state index contributed by atoms with van der Waals surface area (Å²) in [6, 6.07) is 11.6. The van der Waals surface area contributed by atoms with Crippen molar-refractivity contribution >= 4 is 27.4 Å². The zero-order valence-electron chi connectivity index (χ0n) is 10.2. The fourth-order valence-corrected chi connectivity index (χ4v) is 2.36. The minimum absolute atomic E-state index is 0.0675. The van der Waals surface area contributed by atoms with Gasteiger partial charge in [-0.3, -0.25) is 4.79 Å². The predicted octanol–water partition coefficient (Wildman–Crippen LogP) is 3.52. The molecule has 0 unspecified atom stereocenters. The van der Waals surface area contributed by atoms with Crippen LogP contribution in [0.25, 0.3) is 0 Å². The number of benzene rings is 2. The van der Waals surface area contributed by atoms with Crippen molar-refractivity contribution in [2.24, 2.45) is 0 Å². The van der Waals surface area contributed by atoms with Gasteiger partial charge in [-0.05, 0) is 35.4 Å². The summed E-state index contributed by atoms with van der Waals surface area (Å²) in [5.41, 5.74) is 7.99. The number of Topliss-reactive ketones (excluding diaryl/α,β-unsaturated/α-hetero) is 1. The Hall–Kier alpha value is -1.68. The summed E-state index contributed by atoms with van der Waals surface area (Å²) in [7, 11) is 0. The van der Waals surface area contributed by atoms with Crippen molar-refractivity contribution in [3.05, 3.63) is 63.9 Å². The number of hydrogen-bond donors (Lipinski definition) is 1. The van der Waals surface area contributed by atoms with Crippen LogP contribution < -0.4 is 5.73 Å². The quantitative estimate of drug-likeness (QED) is 0.875. The second-order valence-electron chi connectivity index (χ2n) is 4.37. The van der Waals surface area contributed by atoms with E-state index in [-0.39, 0.29) is 18.0 Å². The lowest BCUT2D eigenvalue weighted by Crippen LogP contribution is -2.07. The SMILES string of the molecule is Nc1cccc(CC(=O)Cc2ccc(F)cc2Br)c1. The van der Waals surface area contributed by atoms with Crippen LogP contribution >= 0.6 is 15.9 Å². The maximum Gasteiger partial charge on any atom is 0.141 e. The Morgan fingerprint density at radius 1 is 1.16 bits per heavy atom. The number of carbonyl (C=O) groups is 1. The maximum absolute atomic E-state index is 12.9. The van der Waals surface area contributed by atoms with Crippen LogP contribution in [0.3, 0.4) is 0 Å². The Balaban J connectivity index is 2.05. The van der Waals surface area contributed by atoms with Gasteiger partial charge in [0.25, 0.3) is 0 Å². The summed E-state index contributed by atoms with van der Waals surface area (Å²) < 4.78 is 13.6.